The highest BCUT2D eigenvalue weighted by Gasteiger charge is 2.45. The topological polar surface area (TPSA) is 25.8 Å². The third-order valence-corrected chi connectivity index (χ3v) is 16.5. The van der Waals surface area contributed by atoms with Gasteiger partial charge in [-0.05, 0) is 98.0 Å². The SMILES string of the molecule is C=C1CC2C(CCc3ccc4c(oc5ccccc54)c3-c3n1c1ccccc1[n+]3-c1c(C)cc(C)cc1C)c1ccccc1-c1cc(CC3CCCC3)c([Si](C)(C)C)c[n+]12. The number of aromatic nitrogens is 3. The number of nitrogens with zero attached hydrogens (tertiary/aromatic N) is 3. The molecular weight excluding hydrogens is 747 g/mol. The summed E-state index contributed by atoms with van der Waals surface area (Å²) >= 11 is 0. The van der Waals surface area contributed by atoms with Crippen molar-refractivity contribution in [2.75, 3.05) is 0 Å². The van der Waals surface area contributed by atoms with Crippen molar-refractivity contribution in [3.05, 3.63) is 149 Å². The van der Waals surface area contributed by atoms with Crippen LogP contribution in [0.1, 0.15) is 83.9 Å². The fourth-order valence-corrected chi connectivity index (χ4v) is 13.6. The van der Waals surface area contributed by atoms with Gasteiger partial charge in [0.15, 0.2) is 28.9 Å². The van der Waals surface area contributed by atoms with Crippen LogP contribution in [0.2, 0.25) is 19.6 Å². The van der Waals surface area contributed by atoms with E-state index in [9.17, 15) is 0 Å². The van der Waals surface area contributed by atoms with E-state index in [1.54, 1.807) is 10.8 Å². The second-order valence-corrected chi connectivity index (χ2v) is 24.5. The third kappa shape index (κ3) is 5.83. The summed E-state index contributed by atoms with van der Waals surface area (Å²) < 4.78 is 14.8. The number of pyridine rings is 1. The number of para-hydroxylation sites is 3. The van der Waals surface area contributed by atoms with Crippen LogP contribution in [0.5, 0.6) is 0 Å². The maximum absolute atomic E-state index is 7.03. The second kappa shape index (κ2) is 14.0. The van der Waals surface area contributed by atoms with Crippen molar-refractivity contribution in [2.24, 2.45) is 5.92 Å². The van der Waals surface area contributed by atoms with Crippen LogP contribution in [0.25, 0.3) is 67.0 Å². The normalized spacial score (nSPS) is 18.1. The Hall–Kier alpha value is -5.52. The molecule has 11 rings (SSSR count). The van der Waals surface area contributed by atoms with Gasteiger partial charge in [-0.1, -0.05) is 130 Å². The van der Waals surface area contributed by atoms with Crippen molar-refractivity contribution < 1.29 is 13.6 Å². The predicted octanol–water partition coefficient (Wildman–Crippen LogP) is 12.8. The summed E-state index contributed by atoms with van der Waals surface area (Å²) in [6.45, 7) is 19.5. The van der Waals surface area contributed by atoms with Crippen LogP contribution < -0.4 is 14.3 Å². The molecular formula is C55H57N3OSi+2. The summed E-state index contributed by atoms with van der Waals surface area (Å²) in [4.78, 5) is 0. The minimum atomic E-state index is -1.71. The van der Waals surface area contributed by atoms with Gasteiger partial charge in [0.1, 0.15) is 22.5 Å². The number of aryl methyl sites for hydroxylation is 4. The maximum atomic E-state index is 7.03. The van der Waals surface area contributed by atoms with Crippen LogP contribution >= 0.6 is 0 Å². The average Bonchev–Trinajstić information content (AvgIpc) is 3.96. The van der Waals surface area contributed by atoms with Crippen molar-refractivity contribution in [1.82, 2.24) is 4.57 Å². The number of hydrogen-bond acceptors (Lipinski definition) is 1. The number of benzene rings is 5. The van der Waals surface area contributed by atoms with Crippen molar-refractivity contribution in [1.29, 1.82) is 0 Å². The first kappa shape index (κ1) is 37.5. The quantitative estimate of drug-likeness (QED) is 0.129. The Morgan fingerprint density at radius 3 is 2.33 bits per heavy atom. The van der Waals surface area contributed by atoms with Gasteiger partial charge < -0.3 is 4.42 Å². The molecule has 0 spiro atoms. The van der Waals surface area contributed by atoms with Crippen LogP contribution in [0, 0.1) is 26.7 Å². The molecule has 2 aliphatic heterocycles. The predicted molar refractivity (Wildman–Crippen MR) is 251 cm³/mol. The lowest BCUT2D eigenvalue weighted by Gasteiger charge is -2.33. The van der Waals surface area contributed by atoms with Gasteiger partial charge >= 0.3 is 5.82 Å². The number of hydrogen-bond donors (Lipinski definition) is 0. The lowest BCUT2D eigenvalue weighted by Crippen LogP contribution is -2.54. The Morgan fingerprint density at radius 2 is 1.53 bits per heavy atom. The summed E-state index contributed by atoms with van der Waals surface area (Å²) in [5.74, 6) is 2.24. The highest BCUT2D eigenvalue weighted by Crippen LogP contribution is 2.48. The minimum absolute atomic E-state index is 0.208. The molecule has 1 aliphatic carbocycles. The summed E-state index contributed by atoms with van der Waals surface area (Å²) in [5, 5.41) is 3.94. The van der Waals surface area contributed by atoms with Gasteiger partial charge in [0.2, 0.25) is 5.69 Å². The molecule has 0 saturated heterocycles. The lowest BCUT2D eigenvalue weighted by atomic mass is 9.77. The van der Waals surface area contributed by atoms with Gasteiger partial charge in [0.05, 0.1) is 14.5 Å². The van der Waals surface area contributed by atoms with Gasteiger partial charge in [-0.2, -0.15) is 13.7 Å². The van der Waals surface area contributed by atoms with Gasteiger partial charge in [-0.15, -0.1) is 0 Å². The molecule has 60 heavy (non-hydrogen) atoms. The first-order valence-corrected chi connectivity index (χ1v) is 26.0. The van der Waals surface area contributed by atoms with E-state index in [2.05, 4.69) is 163 Å². The van der Waals surface area contributed by atoms with Crippen LogP contribution in [0.15, 0.2) is 120 Å². The van der Waals surface area contributed by atoms with Crippen molar-refractivity contribution >= 4 is 51.9 Å². The molecule has 8 aromatic rings. The van der Waals surface area contributed by atoms with Gasteiger partial charge in [0.25, 0.3) is 0 Å². The molecule has 0 amide bonds. The van der Waals surface area contributed by atoms with E-state index in [-0.39, 0.29) is 6.04 Å². The van der Waals surface area contributed by atoms with Crippen LogP contribution in [-0.2, 0) is 12.8 Å². The van der Waals surface area contributed by atoms with E-state index >= 15 is 0 Å². The average molecular weight is 804 g/mol. The summed E-state index contributed by atoms with van der Waals surface area (Å²) in [6, 6.07) is 39.1. The highest BCUT2D eigenvalue weighted by atomic mass is 28.3. The molecule has 1 saturated carbocycles. The molecule has 5 heteroatoms. The molecule has 0 bridgehead atoms. The van der Waals surface area contributed by atoms with E-state index in [0.29, 0.717) is 5.92 Å². The molecule has 5 heterocycles. The van der Waals surface area contributed by atoms with E-state index in [1.165, 1.54) is 93.5 Å². The number of furan rings is 1. The number of imidazole rings is 1. The van der Waals surface area contributed by atoms with Gasteiger partial charge in [-0.3, -0.25) is 0 Å². The molecule has 3 aliphatic rings. The number of allylic oxidation sites excluding steroid dienone is 1. The van der Waals surface area contributed by atoms with Crippen molar-refractivity contribution in [2.45, 2.75) is 104 Å². The van der Waals surface area contributed by atoms with E-state index in [4.69, 9.17) is 11.0 Å². The van der Waals surface area contributed by atoms with Gasteiger partial charge in [-0.25, -0.2) is 0 Å². The first-order valence-electron chi connectivity index (χ1n) is 22.5. The van der Waals surface area contributed by atoms with Crippen LogP contribution in [0.4, 0.5) is 0 Å². The molecule has 1 fully saturated rings. The largest absolute Gasteiger partial charge is 0.455 e. The summed E-state index contributed by atoms with van der Waals surface area (Å²) in [6.07, 6.45) is 12.1. The molecule has 300 valence electrons. The molecule has 3 aromatic heterocycles. The van der Waals surface area contributed by atoms with Crippen molar-refractivity contribution in [3.8, 4) is 28.3 Å². The number of rotatable bonds is 4. The Labute approximate surface area is 355 Å². The van der Waals surface area contributed by atoms with Crippen LogP contribution in [-0.4, -0.2) is 12.6 Å². The van der Waals surface area contributed by atoms with Crippen molar-refractivity contribution in [3.63, 3.8) is 0 Å². The molecule has 2 atom stereocenters. The highest BCUT2D eigenvalue weighted by molar-refractivity contribution is 6.89. The molecule has 2 unspecified atom stereocenters. The zero-order valence-electron chi connectivity index (χ0n) is 36.2. The lowest BCUT2D eigenvalue weighted by molar-refractivity contribution is -0.716. The van der Waals surface area contributed by atoms with Crippen LogP contribution in [0.3, 0.4) is 0 Å². The summed E-state index contributed by atoms with van der Waals surface area (Å²) in [7, 11) is -1.71. The molecule has 4 nitrogen and oxygen atoms in total. The zero-order chi connectivity index (χ0) is 41.0. The second-order valence-electron chi connectivity index (χ2n) is 19.5. The Morgan fingerprint density at radius 1 is 0.800 bits per heavy atom. The maximum Gasteiger partial charge on any atom is 0.304 e. The van der Waals surface area contributed by atoms with E-state index in [0.717, 1.165) is 58.6 Å². The molecule has 0 N–H and O–H groups in total. The van der Waals surface area contributed by atoms with Gasteiger partial charge in [0, 0.05) is 33.5 Å². The third-order valence-electron chi connectivity index (χ3n) is 14.4. The Kier molecular flexibility index (Phi) is 8.76. The van der Waals surface area contributed by atoms with E-state index < -0.39 is 8.07 Å². The number of fused-ring (bicyclic) bond motifs is 15. The fraction of sp³-hybridized carbons (Fsp3) is 0.309. The monoisotopic (exact) mass is 803 g/mol. The smallest absolute Gasteiger partial charge is 0.304 e. The fourth-order valence-electron chi connectivity index (χ4n) is 11.9. The molecule has 5 aromatic carbocycles. The summed E-state index contributed by atoms with van der Waals surface area (Å²) in [5.41, 5.74) is 18.7. The standard InChI is InChI=1S/C55H57N3OSi/c1-34-28-35(2)53(36(3)29-34)58-47-22-14-13-21-46(47)57-37(4)30-48-43(26-24-39-25-27-45-44-20-12-15-23-50(44)59-54(45)52(39)55(57)58)41-18-10-11-19-42(41)49-32-40(31-38-16-8-9-17-38)51(33-56(48)49)60(5,6)7/h10-15,18-23,25,27-29,32-33,38,43,48H,4,8-9,16-17,24,26,30-31H2,1-3,5-7H3/q+2. The molecule has 0 radical (unpaired) electrons. The minimum Gasteiger partial charge on any atom is -0.455 e. The Bertz CT molecular complexity index is 3040. The zero-order valence-corrected chi connectivity index (χ0v) is 37.2. The Balaban J connectivity index is 1.21. The van der Waals surface area contributed by atoms with E-state index in [1.807, 2.05) is 0 Å². The first-order chi connectivity index (χ1) is 29.0.